The third-order valence-electron chi connectivity index (χ3n) is 7.96. The van der Waals surface area contributed by atoms with Crippen molar-refractivity contribution >= 4 is 34.0 Å². The highest BCUT2D eigenvalue weighted by molar-refractivity contribution is 7.87. The zero-order valence-electron chi connectivity index (χ0n) is 23.9. The summed E-state index contributed by atoms with van der Waals surface area (Å²) >= 11 is 0. The number of carbonyl (C=O) groups is 4. The van der Waals surface area contributed by atoms with E-state index in [4.69, 9.17) is 4.74 Å². The van der Waals surface area contributed by atoms with Crippen molar-refractivity contribution in [1.29, 1.82) is 0 Å². The summed E-state index contributed by atoms with van der Waals surface area (Å²) in [5.41, 5.74) is -2.14. The summed E-state index contributed by atoms with van der Waals surface area (Å²) in [6.07, 6.45) is 8.05. The van der Waals surface area contributed by atoms with E-state index in [9.17, 15) is 27.6 Å². The molecule has 3 fully saturated rings. The Morgan fingerprint density at radius 1 is 1.12 bits per heavy atom. The van der Waals surface area contributed by atoms with Gasteiger partial charge in [-0.1, -0.05) is 31.9 Å². The molecule has 1 saturated carbocycles. The van der Waals surface area contributed by atoms with Gasteiger partial charge >= 0.3 is 16.3 Å². The molecule has 12 nitrogen and oxygen atoms in total. The van der Waals surface area contributed by atoms with E-state index in [0.717, 1.165) is 25.7 Å². The lowest BCUT2D eigenvalue weighted by atomic mass is 10.0. The Balaban J connectivity index is 1.56. The highest BCUT2D eigenvalue weighted by atomic mass is 32.2. The van der Waals surface area contributed by atoms with Crippen molar-refractivity contribution in [2.75, 3.05) is 19.6 Å². The second-order valence-corrected chi connectivity index (χ2v) is 14.2. The van der Waals surface area contributed by atoms with Crippen LogP contribution in [0.5, 0.6) is 0 Å². The van der Waals surface area contributed by atoms with Gasteiger partial charge in [0.25, 0.3) is 5.91 Å². The number of alkyl carbamates (subject to hydrolysis) is 1. The van der Waals surface area contributed by atoms with Crippen LogP contribution in [0.25, 0.3) is 0 Å². The fourth-order valence-electron chi connectivity index (χ4n) is 5.58. The van der Waals surface area contributed by atoms with Crippen LogP contribution in [0, 0.1) is 11.8 Å². The van der Waals surface area contributed by atoms with Crippen LogP contribution in [0.2, 0.25) is 0 Å². The Morgan fingerprint density at radius 2 is 1.85 bits per heavy atom. The van der Waals surface area contributed by atoms with Crippen LogP contribution in [-0.4, -0.2) is 84.3 Å². The van der Waals surface area contributed by atoms with E-state index < -0.39 is 51.3 Å². The largest absolute Gasteiger partial charge is 0.444 e. The number of amides is 4. The maximum absolute atomic E-state index is 13.8. The van der Waals surface area contributed by atoms with E-state index in [1.807, 2.05) is 19.1 Å². The van der Waals surface area contributed by atoms with Gasteiger partial charge < -0.3 is 20.3 Å². The lowest BCUT2D eigenvalue weighted by molar-refractivity contribution is -0.141. The van der Waals surface area contributed by atoms with E-state index in [0.29, 0.717) is 38.9 Å². The van der Waals surface area contributed by atoms with Crippen molar-refractivity contribution in [3.05, 3.63) is 12.2 Å². The second-order valence-electron chi connectivity index (χ2n) is 12.6. The summed E-state index contributed by atoms with van der Waals surface area (Å²) in [6, 6.07) is -1.71. The van der Waals surface area contributed by atoms with Gasteiger partial charge in [-0.05, 0) is 65.2 Å². The molecule has 0 spiro atoms. The molecule has 3 N–H and O–H groups in total. The van der Waals surface area contributed by atoms with Gasteiger partial charge in [-0.2, -0.15) is 12.7 Å². The number of allylic oxidation sites excluding steroid dienone is 1. The van der Waals surface area contributed by atoms with Crippen LogP contribution in [-0.2, 0) is 29.3 Å². The van der Waals surface area contributed by atoms with Crippen molar-refractivity contribution < 1.29 is 32.3 Å². The maximum Gasteiger partial charge on any atom is 0.408 e. The number of nitrogens with one attached hydrogen (secondary N) is 3. The first-order valence-corrected chi connectivity index (χ1v) is 15.8. The molecule has 0 aromatic carbocycles. The third-order valence-corrected chi connectivity index (χ3v) is 9.45. The van der Waals surface area contributed by atoms with Crippen molar-refractivity contribution in [1.82, 2.24) is 24.6 Å². The van der Waals surface area contributed by atoms with E-state index in [2.05, 4.69) is 15.4 Å². The first kappa shape index (κ1) is 30.3. The van der Waals surface area contributed by atoms with E-state index in [-0.39, 0.29) is 24.2 Å². The Bertz CT molecular complexity index is 1150. The molecule has 4 aliphatic rings. The molecule has 1 aliphatic carbocycles. The van der Waals surface area contributed by atoms with Gasteiger partial charge in [-0.3, -0.25) is 14.4 Å². The summed E-state index contributed by atoms with van der Waals surface area (Å²) in [5, 5.41) is 5.56. The summed E-state index contributed by atoms with van der Waals surface area (Å²) in [6.45, 7) is 8.19. The van der Waals surface area contributed by atoms with E-state index >= 15 is 0 Å². The van der Waals surface area contributed by atoms with Gasteiger partial charge in [0.15, 0.2) is 0 Å². The van der Waals surface area contributed by atoms with E-state index in [1.165, 1.54) is 9.21 Å². The monoisotopic (exact) mass is 581 g/mol. The Kier molecular flexibility index (Phi) is 8.84. The van der Waals surface area contributed by atoms with Gasteiger partial charge in [0, 0.05) is 25.6 Å². The predicted octanol–water partition coefficient (Wildman–Crippen LogP) is 1.58. The Labute approximate surface area is 236 Å². The molecular weight excluding hydrogens is 538 g/mol. The molecule has 0 aromatic rings. The van der Waals surface area contributed by atoms with Crippen molar-refractivity contribution in [3.8, 4) is 0 Å². The first-order chi connectivity index (χ1) is 18.7. The molecule has 2 saturated heterocycles. The Hall–Kier alpha value is -2.67. The summed E-state index contributed by atoms with van der Waals surface area (Å²) in [7, 11) is -3.99. The highest BCUT2D eigenvalue weighted by Gasteiger charge is 2.61. The minimum absolute atomic E-state index is 0.0206. The molecule has 0 unspecified atom stereocenters. The lowest BCUT2D eigenvalue weighted by Crippen LogP contribution is -2.59. The van der Waals surface area contributed by atoms with Crippen molar-refractivity contribution in [2.24, 2.45) is 11.8 Å². The number of rotatable bonds is 4. The normalized spacial score (nSPS) is 32.8. The van der Waals surface area contributed by atoms with Crippen LogP contribution >= 0.6 is 0 Å². The quantitative estimate of drug-likeness (QED) is 0.426. The second kappa shape index (κ2) is 11.7. The minimum Gasteiger partial charge on any atom is -0.444 e. The average molecular weight is 582 g/mol. The average Bonchev–Trinajstić information content (AvgIpc) is 3.34. The van der Waals surface area contributed by atoms with Gasteiger partial charge in [-0.25, -0.2) is 9.52 Å². The summed E-state index contributed by atoms with van der Waals surface area (Å²) in [4.78, 5) is 54.9. The molecule has 4 rings (SSSR count). The number of ether oxygens (including phenoxy) is 1. The smallest absolute Gasteiger partial charge is 0.408 e. The maximum atomic E-state index is 13.8. The molecule has 0 bridgehead atoms. The predicted molar refractivity (Wildman–Crippen MR) is 147 cm³/mol. The summed E-state index contributed by atoms with van der Waals surface area (Å²) < 4.78 is 34.1. The third kappa shape index (κ3) is 6.96. The Morgan fingerprint density at radius 3 is 2.50 bits per heavy atom. The number of nitrogens with zero attached hydrogens (tertiary/aromatic N) is 2. The van der Waals surface area contributed by atoms with Gasteiger partial charge in [0.1, 0.15) is 23.2 Å². The number of hydrogen-bond donors (Lipinski definition) is 3. The SMILES string of the molecule is C[C@@H]1C[C@H]2C(=O)N[C@]3(C(=O)NS(=O)(=O)N4CCC4)C[C@H]3/C=C\CCCCC[C@H](NC(=O)OC(C)(C)C)C(=O)N2C1. The summed E-state index contributed by atoms with van der Waals surface area (Å²) in [5.74, 6) is -1.96. The van der Waals surface area contributed by atoms with Crippen LogP contribution < -0.4 is 15.4 Å². The molecule has 0 radical (unpaired) electrons. The molecule has 13 heteroatoms. The highest BCUT2D eigenvalue weighted by Crippen LogP contribution is 2.46. The number of carbonyl (C=O) groups excluding carboxylic acids is 4. The topological polar surface area (TPSA) is 154 Å². The van der Waals surface area contributed by atoms with Crippen LogP contribution in [0.3, 0.4) is 0 Å². The van der Waals surface area contributed by atoms with Crippen LogP contribution in [0.15, 0.2) is 12.2 Å². The van der Waals surface area contributed by atoms with E-state index in [1.54, 1.807) is 20.8 Å². The molecule has 0 aromatic heterocycles. The van der Waals surface area contributed by atoms with Crippen LogP contribution in [0.1, 0.15) is 79.1 Å². The fraction of sp³-hybridized carbons (Fsp3) is 0.778. The van der Waals surface area contributed by atoms with Gasteiger partial charge in [0.05, 0.1) is 0 Å². The van der Waals surface area contributed by atoms with Gasteiger partial charge in [0.2, 0.25) is 11.8 Å². The first-order valence-electron chi connectivity index (χ1n) is 14.3. The van der Waals surface area contributed by atoms with Crippen molar-refractivity contribution in [3.63, 3.8) is 0 Å². The number of hydrogen-bond acceptors (Lipinski definition) is 7. The zero-order valence-corrected chi connectivity index (χ0v) is 24.7. The van der Waals surface area contributed by atoms with Gasteiger partial charge in [-0.15, -0.1) is 0 Å². The lowest BCUT2D eigenvalue weighted by Gasteiger charge is -2.32. The fourth-order valence-corrected chi connectivity index (χ4v) is 6.86. The molecule has 5 atom stereocenters. The standard InChI is InChI=1S/C27H43N5O7S/c1-18-15-21-22(33)29-27(24(35)30-40(37,38)31-13-10-14-31)16-19(27)11-8-6-5-7-9-12-20(23(34)32(21)17-18)28-25(36)39-26(2,3)4/h8,11,18-21H,5-7,9-10,12-17H2,1-4H3,(H,28,36)(H,29,33)(H,30,35)/b11-8-/t18-,19-,20+,21+,27-/m1/s1. The molecule has 3 aliphatic heterocycles. The van der Waals surface area contributed by atoms with Crippen LogP contribution in [0.4, 0.5) is 4.79 Å². The molecule has 224 valence electrons. The molecule has 3 heterocycles. The molecule has 40 heavy (non-hydrogen) atoms. The minimum atomic E-state index is -3.99. The molecular formula is C27H43N5O7S. The molecule has 4 amide bonds. The number of fused-ring (bicyclic) bond motifs is 2. The zero-order chi connectivity index (χ0) is 29.3. The van der Waals surface area contributed by atoms with Crippen molar-refractivity contribution in [2.45, 2.75) is 102 Å².